The summed E-state index contributed by atoms with van der Waals surface area (Å²) in [6, 6.07) is 8.16. The number of nitrogens with one attached hydrogen (secondary N) is 2. The first-order valence-electron chi connectivity index (χ1n) is 6.86. The Morgan fingerprint density at radius 2 is 2.00 bits per heavy atom. The highest BCUT2D eigenvalue weighted by Gasteiger charge is 2.01. The van der Waals surface area contributed by atoms with E-state index in [1.54, 1.807) is 12.1 Å². The molecule has 0 fully saturated rings. The highest BCUT2D eigenvalue weighted by Crippen LogP contribution is 2.07. The summed E-state index contributed by atoms with van der Waals surface area (Å²) in [6.45, 7) is 5.65. The molecule has 4 nitrogen and oxygen atoms in total. The van der Waals surface area contributed by atoms with Crippen molar-refractivity contribution in [3.05, 3.63) is 47.5 Å². The summed E-state index contributed by atoms with van der Waals surface area (Å²) in [5.41, 5.74) is 2.97. The highest BCUT2D eigenvalue weighted by molar-refractivity contribution is 7.80. The second-order valence-electron chi connectivity index (χ2n) is 4.89. The van der Waals surface area contributed by atoms with Crippen molar-refractivity contribution < 1.29 is 4.39 Å². The van der Waals surface area contributed by atoms with Crippen LogP contribution in [0.25, 0.3) is 0 Å². The number of aryl methyl sites for hydroxylation is 3. The fourth-order valence-corrected chi connectivity index (χ4v) is 2.26. The fraction of sp³-hybridized carbons (Fsp3) is 0.333. The fourth-order valence-electron chi connectivity index (χ4n) is 2.04. The number of hydrogen-bond acceptors (Lipinski definition) is 2. The number of aromatic nitrogens is 2. The monoisotopic (exact) mass is 306 g/mol. The minimum absolute atomic E-state index is 0.260. The van der Waals surface area contributed by atoms with Gasteiger partial charge in [0, 0.05) is 24.5 Å². The average Bonchev–Trinajstić information content (AvgIpc) is 2.76. The van der Waals surface area contributed by atoms with E-state index in [1.165, 1.54) is 17.8 Å². The van der Waals surface area contributed by atoms with Crippen molar-refractivity contribution in [3.63, 3.8) is 0 Å². The number of thiocarbonyl (C=S) groups is 1. The van der Waals surface area contributed by atoms with Crippen LogP contribution in [0.4, 0.5) is 10.1 Å². The minimum Gasteiger partial charge on any atom is -0.362 e. The topological polar surface area (TPSA) is 41.9 Å². The van der Waals surface area contributed by atoms with Crippen molar-refractivity contribution in [2.45, 2.75) is 26.8 Å². The molecule has 0 radical (unpaired) electrons. The van der Waals surface area contributed by atoms with E-state index < -0.39 is 0 Å². The lowest BCUT2D eigenvalue weighted by Crippen LogP contribution is -2.29. The van der Waals surface area contributed by atoms with E-state index in [1.807, 2.05) is 18.5 Å². The highest BCUT2D eigenvalue weighted by atomic mass is 32.1. The van der Waals surface area contributed by atoms with Crippen LogP contribution in [0.2, 0.25) is 0 Å². The molecule has 0 saturated carbocycles. The molecule has 1 aromatic heterocycles. The van der Waals surface area contributed by atoms with Crippen molar-refractivity contribution in [3.8, 4) is 0 Å². The normalized spacial score (nSPS) is 10.4. The molecule has 2 rings (SSSR count). The molecule has 1 aromatic carbocycles. The largest absolute Gasteiger partial charge is 0.362 e. The van der Waals surface area contributed by atoms with E-state index in [0.717, 1.165) is 30.9 Å². The van der Waals surface area contributed by atoms with Gasteiger partial charge in [0.15, 0.2) is 5.11 Å². The number of rotatable bonds is 5. The molecule has 0 saturated heterocycles. The lowest BCUT2D eigenvalue weighted by Gasteiger charge is -2.11. The van der Waals surface area contributed by atoms with Gasteiger partial charge in [-0.15, -0.1) is 0 Å². The first-order valence-corrected chi connectivity index (χ1v) is 7.27. The summed E-state index contributed by atoms with van der Waals surface area (Å²) in [5.74, 6) is -0.260. The predicted molar refractivity (Wildman–Crippen MR) is 86.9 cm³/mol. The molecule has 0 aliphatic rings. The standard InChI is InChI=1S/C15H19FN4S/c1-11-10-12(2)20(19-11)9-3-8-17-15(21)18-14-6-4-13(16)5-7-14/h4-7,10H,3,8-9H2,1-2H3,(H2,17,18,21). The zero-order valence-electron chi connectivity index (χ0n) is 12.2. The van der Waals surface area contributed by atoms with E-state index in [-0.39, 0.29) is 5.82 Å². The Kier molecular flexibility index (Phi) is 5.27. The SMILES string of the molecule is Cc1cc(C)n(CCCNC(=S)Nc2ccc(F)cc2)n1. The molecule has 2 N–H and O–H groups in total. The molecular formula is C15H19FN4S. The maximum atomic E-state index is 12.8. The molecule has 1 heterocycles. The average molecular weight is 306 g/mol. The Balaban J connectivity index is 1.70. The van der Waals surface area contributed by atoms with Crippen molar-refractivity contribution >= 4 is 23.0 Å². The van der Waals surface area contributed by atoms with Crippen LogP contribution in [0.5, 0.6) is 0 Å². The van der Waals surface area contributed by atoms with Gasteiger partial charge in [-0.2, -0.15) is 5.10 Å². The molecule has 0 spiro atoms. The van der Waals surface area contributed by atoms with Crippen LogP contribution in [0.3, 0.4) is 0 Å². The van der Waals surface area contributed by atoms with Gasteiger partial charge in [-0.05, 0) is 62.8 Å². The van der Waals surface area contributed by atoms with Crippen LogP contribution >= 0.6 is 12.2 Å². The summed E-state index contributed by atoms with van der Waals surface area (Å²) in [5, 5.41) is 11.1. The lowest BCUT2D eigenvalue weighted by atomic mass is 10.3. The Hall–Kier alpha value is -1.95. The molecule has 0 amide bonds. The van der Waals surface area contributed by atoms with Crippen molar-refractivity contribution in [2.24, 2.45) is 0 Å². The predicted octanol–water partition coefficient (Wildman–Crippen LogP) is 3.02. The van der Waals surface area contributed by atoms with Crippen LogP contribution in [0, 0.1) is 19.7 Å². The van der Waals surface area contributed by atoms with Crippen molar-refractivity contribution in [1.82, 2.24) is 15.1 Å². The van der Waals surface area contributed by atoms with Crippen molar-refractivity contribution in [1.29, 1.82) is 0 Å². The van der Waals surface area contributed by atoms with E-state index >= 15 is 0 Å². The first-order chi connectivity index (χ1) is 10.0. The molecule has 21 heavy (non-hydrogen) atoms. The molecule has 2 aromatic rings. The summed E-state index contributed by atoms with van der Waals surface area (Å²) in [6.07, 6.45) is 0.924. The van der Waals surface area contributed by atoms with Crippen molar-refractivity contribution in [2.75, 3.05) is 11.9 Å². The second-order valence-corrected chi connectivity index (χ2v) is 5.30. The first kappa shape index (κ1) is 15.4. The Bertz CT molecular complexity index is 607. The molecule has 0 unspecified atom stereocenters. The van der Waals surface area contributed by atoms with E-state index in [4.69, 9.17) is 12.2 Å². The Morgan fingerprint density at radius 1 is 1.29 bits per heavy atom. The number of anilines is 1. The minimum atomic E-state index is -0.260. The molecule has 0 atom stereocenters. The number of halogens is 1. The third-order valence-corrected chi connectivity index (χ3v) is 3.28. The molecule has 0 aliphatic carbocycles. The quantitative estimate of drug-likeness (QED) is 0.658. The van der Waals surface area contributed by atoms with E-state index in [2.05, 4.69) is 21.8 Å². The van der Waals surface area contributed by atoms with Gasteiger partial charge in [-0.3, -0.25) is 4.68 Å². The summed E-state index contributed by atoms with van der Waals surface area (Å²) in [4.78, 5) is 0. The van der Waals surface area contributed by atoms with Gasteiger partial charge < -0.3 is 10.6 Å². The van der Waals surface area contributed by atoms with Gasteiger partial charge in [0.1, 0.15) is 5.82 Å². The molecule has 112 valence electrons. The Morgan fingerprint density at radius 3 is 2.62 bits per heavy atom. The molecule has 6 heteroatoms. The number of hydrogen-bond donors (Lipinski definition) is 2. The van der Waals surface area contributed by atoms with Gasteiger partial charge in [0.25, 0.3) is 0 Å². The van der Waals surface area contributed by atoms with Gasteiger partial charge in [0.2, 0.25) is 0 Å². The summed E-state index contributed by atoms with van der Waals surface area (Å²) < 4.78 is 14.8. The van der Waals surface area contributed by atoms with Gasteiger partial charge >= 0.3 is 0 Å². The van der Waals surface area contributed by atoms with Crippen LogP contribution in [-0.2, 0) is 6.54 Å². The maximum absolute atomic E-state index is 12.8. The van der Waals surface area contributed by atoms with Crippen LogP contribution in [0.1, 0.15) is 17.8 Å². The molecule has 0 bridgehead atoms. The number of nitrogens with zero attached hydrogens (tertiary/aromatic N) is 2. The third-order valence-electron chi connectivity index (χ3n) is 3.04. The van der Waals surface area contributed by atoms with Gasteiger partial charge in [-0.1, -0.05) is 0 Å². The summed E-state index contributed by atoms with van der Waals surface area (Å²) in [7, 11) is 0. The van der Waals surface area contributed by atoms with E-state index in [9.17, 15) is 4.39 Å². The summed E-state index contributed by atoms with van der Waals surface area (Å²) >= 11 is 5.19. The van der Waals surface area contributed by atoms with E-state index in [0.29, 0.717) is 5.11 Å². The molecular weight excluding hydrogens is 287 g/mol. The van der Waals surface area contributed by atoms with Crippen LogP contribution < -0.4 is 10.6 Å². The van der Waals surface area contributed by atoms with Crippen LogP contribution in [0.15, 0.2) is 30.3 Å². The number of benzene rings is 1. The maximum Gasteiger partial charge on any atom is 0.170 e. The lowest BCUT2D eigenvalue weighted by molar-refractivity contribution is 0.558. The van der Waals surface area contributed by atoms with Gasteiger partial charge in [-0.25, -0.2) is 4.39 Å². The van der Waals surface area contributed by atoms with Gasteiger partial charge in [0.05, 0.1) is 5.69 Å². The smallest absolute Gasteiger partial charge is 0.170 e. The zero-order valence-corrected chi connectivity index (χ0v) is 13.0. The Labute approximate surface area is 129 Å². The second kappa shape index (κ2) is 7.17. The zero-order chi connectivity index (χ0) is 15.2. The molecule has 0 aliphatic heterocycles. The van der Waals surface area contributed by atoms with Crippen LogP contribution in [-0.4, -0.2) is 21.4 Å². The third kappa shape index (κ3) is 4.82.